The standard InChI is InChI=1S/C31H36N2O6S/c1-32(27-17-19-28(20-18-27)40(36,37)38)31(35)33-22-9-8-14-29(33)30(34)39-23-21-26(25-12-6-3-7-13-25)16-15-24-10-4-2-5-11-24/h2-7,10-13,17-20,26,29H,8-9,14-16,21-23H2,1H3,(H,36,37,38). The van der Waals surface area contributed by atoms with E-state index in [9.17, 15) is 22.6 Å². The van der Waals surface area contributed by atoms with Crippen LogP contribution < -0.4 is 4.90 Å². The van der Waals surface area contributed by atoms with Gasteiger partial charge in [0.1, 0.15) is 6.04 Å². The number of amides is 2. The molecule has 1 N–H and O–H groups in total. The molecule has 1 saturated heterocycles. The third-order valence-electron chi connectivity index (χ3n) is 7.44. The molecule has 1 fully saturated rings. The molecule has 0 spiro atoms. The minimum Gasteiger partial charge on any atom is -0.464 e. The van der Waals surface area contributed by atoms with Gasteiger partial charge in [-0.1, -0.05) is 60.7 Å². The Kier molecular flexibility index (Phi) is 9.95. The lowest BCUT2D eigenvalue weighted by molar-refractivity contribution is -0.150. The molecular formula is C31H36N2O6S. The second-order valence-corrected chi connectivity index (χ2v) is 11.5. The van der Waals surface area contributed by atoms with Crippen LogP contribution in [0, 0.1) is 0 Å². The molecule has 1 aliphatic heterocycles. The second kappa shape index (κ2) is 13.6. The van der Waals surface area contributed by atoms with E-state index < -0.39 is 22.1 Å². The Labute approximate surface area is 236 Å². The van der Waals surface area contributed by atoms with E-state index in [1.54, 1.807) is 7.05 Å². The maximum atomic E-state index is 13.4. The summed E-state index contributed by atoms with van der Waals surface area (Å²) in [5.41, 5.74) is 2.93. The van der Waals surface area contributed by atoms with Crippen LogP contribution in [0.15, 0.2) is 89.8 Å². The summed E-state index contributed by atoms with van der Waals surface area (Å²) in [4.78, 5) is 29.2. The summed E-state index contributed by atoms with van der Waals surface area (Å²) < 4.78 is 37.6. The molecule has 40 heavy (non-hydrogen) atoms. The molecule has 2 unspecified atom stereocenters. The van der Waals surface area contributed by atoms with Gasteiger partial charge in [-0.05, 0) is 79.8 Å². The molecular weight excluding hydrogens is 528 g/mol. The number of hydrogen-bond donors (Lipinski definition) is 1. The number of nitrogens with zero attached hydrogens (tertiary/aromatic N) is 2. The van der Waals surface area contributed by atoms with Gasteiger partial charge in [-0.3, -0.25) is 9.45 Å². The molecule has 0 bridgehead atoms. The summed E-state index contributed by atoms with van der Waals surface area (Å²) in [6, 6.07) is 24.9. The Morgan fingerprint density at radius 1 is 0.950 bits per heavy atom. The van der Waals surface area contributed by atoms with E-state index in [0.29, 0.717) is 25.1 Å². The van der Waals surface area contributed by atoms with E-state index in [1.165, 1.54) is 45.2 Å². The van der Waals surface area contributed by atoms with Crippen molar-refractivity contribution in [3.05, 3.63) is 96.1 Å². The molecule has 0 saturated carbocycles. The lowest BCUT2D eigenvalue weighted by Crippen LogP contribution is -2.53. The van der Waals surface area contributed by atoms with Gasteiger partial charge in [-0.25, -0.2) is 9.59 Å². The van der Waals surface area contributed by atoms with Crippen molar-refractivity contribution in [2.45, 2.75) is 55.4 Å². The van der Waals surface area contributed by atoms with Crippen LogP contribution in [0.2, 0.25) is 0 Å². The molecule has 0 aromatic heterocycles. The van der Waals surface area contributed by atoms with Crippen molar-refractivity contribution < 1.29 is 27.3 Å². The molecule has 2 amide bonds. The van der Waals surface area contributed by atoms with Gasteiger partial charge in [0, 0.05) is 19.3 Å². The van der Waals surface area contributed by atoms with Gasteiger partial charge < -0.3 is 9.64 Å². The lowest BCUT2D eigenvalue weighted by atomic mass is 9.90. The molecule has 9 heteroatoms. The predicted octanol–water partition coefficient (Wildman–Crippen LogP) is 5.69. The van der Waals surface area contributed by atoms with Crippen LogP contribution in [0.3, 0.4) is 0 Å². The molecule has 1 aliphatic rings. The lowest BCUT2D eigenvalue weighted by Gasteiger charge is -2.36. The second-order valence-electron chi connectivity index (χ2n) is 10.1. The highest BCUT2D eigenvalue weighted by molar-refractivity contribution is 7.85. The molecule has 212 valence electrons. The first-order valence-corrected chi connectivity index (χ1v) is 15.1. The highest BCUT2D eigenvalue weighted by atomic mass is 32.2. The van der Waals surface area contributed by atoms with Crippen LogP contribution in [0.4, 0.5) is 10.5 Å². The first-order valence-electron chi connectivity index (χ1n) is 13.6. The number of carbonyl (C=O) groups excluding carboxylic acids is 2. The number of urea groups is 1. The van der Waals surface area contributed by atoms with Crippen LogP contribution in [-0.4, -0.2) is 56.1 Å². The summed E-state index contributed by atoms with van der Waals surface area (Å²) in [6.45, 7) is 0.689. The maximum Gasteiger partial charge on any atom is 0.328 e. The van der Waals surface area contributed by atoms with Crippen molar-refractivity contribution in [2.24, 2.45) is 0 Å². The van der Waals surface area contributed by atoms with Crippen molar-refractivity contribution in [3.8, 4) is 0 Å². The quantitative estimate of drug-likeness (QED) is 0.250. The Morgan fingerprint density at radius 3 is 2.25 bits per heavy atom. The first kappa shape index (κ1) is 29.3. The fourth-order valence-corrected chi connectivity index (χ4v) is 5.62. The number of benzene rings is 3. The molecule has 3 aromatic rings. The van der Waals surface area contributed by atoms with E-state index in [4.69, 9.17) is 4.74 Å². The largest absolute Gasteiger partial charge is 0.464 e. The van der Waals surface area contributed by atoms with Crippen molar-refractivity contribution in [3.63, 3.8) is 0 Å². The number of anilines is 1. The third kappa shape index (κ3) is 7.70. The fraction of sp³-hybridized carbons (Fsp3) is 0.355. The van der Waals surface area contributed by atoms with Gasteiger partial charge in [0.25, 0.3) is 10.1 Å². The van der Waals surface area contributed by atoms with Gasteiger partial charge in [0.05, 0.1) is 11.5 Å². The van der Waals surface area contributed by atoms with Crippen molar-refractivity contribution >= 4 is 27.8 Å². The highest BCUT2D eigenvalue weighted by Gasteiger charge is 2.35. The van der Waals surface area contributed by atoms with Gasteiger partial charge in [-0.15, -0.1) is 0 Å². The third-order valence-corrected chi connectivity index (χ3v) is 8.30. The van der Waals surface area contributed by atoms with Crippen LogP contribution in [0.5, 0.6) is 0 Å². The van der Waals surface area contributed by atoms with Crippen LogP contribution in [0.1, 0.15) is 49.1 Å². The summed E-state index contributed by atoms with van der Waals surface area (Å²) >= 11 is 0. The molecule has 2 atom stereocenters. The smallest absolute Gasteiger partial charge is 0.328 e. The number of ether oxygens (including phenoxy) is 1. The molecule has 3 aromatic carbocycles. The predicted molar refractivity (Wildman–Crippen MR) is 154 cm³/mol. The Balaban J connectivity index is 1.37. The van der Waals surface area contributed by atoms with Gasteiger partial charge in [0.2, 0.25) is 0 Å². The van der Waals surface area contributed by atoms with Crippen LogP contribution in [0.25, 0.3) is 0 Å². The normalized spacial score (nSPS) is 16.2. The Bertz CT molecular complexity index is 1360. The van der Waals surface area contributed by atoms with Crippen molar-refractivity contribution in [2.75, 3.05) is 25.1 Å². The number of aryl methyl sites for hydroxylation is 1. The zero-order chi connectivity index (χ0) is 28.5. The topological polar surface area (TPSA) is 104 Å². The van der Waals surface area contributed by atoms with Crippen LogP contribution in [-0.2, 0) is 26.1 Å². The van der Waals surface area contributed by atoms with Crippen LogP contribution >= 0.6 is 0 Å². The van der Waals surface area contributed by atoms with Gasteiger partial charge in [0.15, 0.2) is 0 Å². The average Bonchev–Trinajstić information content (AvgIpc) is 2.98. The molecule has 0 aliphatic carbocycles. The number of likely N-dealkylation sites (tertiary alicyclic amines) is 1. The van der Waals surface area contributed by atoms with E-state index in [0.717, 1.165) is 25.7 Å². The van der Waals surface area contributed by atoms with E-state index in [1.807, 2.05) is 36.4 Å². The summed E-state index contributed by atoms with van der Waals surface area (Å²) in [5.74, 6) is -0.173. The first-order chi connectivity index (χ1) is 19.2. The molecule has 8 nitrogen and oxygen atoms in total. The minimum atomic E-state index is -4.33. The Morgan fingerprint density at radius 2 is 1.60 bits per heavy atom. The maximum absolute atomic E-state index is 13.4. The monoisotopic (exact) mass is 564 g/mol. The van der Waals surface area contributed by atoms with Crippen molar-refractivity contribution in [1.82, 2.24) is 4.90 Å². The van der Waals surface area contributed by atoms with Crippen molar-refractivity contribution in [1.29, 1.82) is 0 Å². The number of esters is 1. The Hall–Kier alpha value is -3.69. The summed E-state index contributed by atoms with van der Waals surface area (Å²) in [6.07, 6.45) is 4.66. The number of hydrogen-bond acceptors (Lipinski definition) is 5. The zero-order valence-electron chi connectivity index (χ0n) is 22.7. The summed E-state index contributed by atoms with van der Waals surface area (Å²) in [7, 11) is -2.76. The fourth-order valence-electron chi connectivity index (χ4n) is 5.14. The minimum absolute atomic E-state index is 0.232. The summed E-state index contributed by atoms with van der Waals surface area (Å²) in [5, 5.41) is 0. The molecule has 4 rings (SSSR count). The average molecular weight is 565 g/mol. The van der Waals surface area contributed by atoms with Gasteiger partial charge in [-0.2, -0.15) is 8.42 Å². The number of piperidine rings is 1. The zero-order valence-corrected chi connectivity index (χ0v) is 23.5. The molecule has 0 radical (unpaired) electrons. The van der Waals surface area contributed by atoms with E-state index in [-0.39, 0.29) is 23.5 Å². The van der Waals surface area contributed by atoms with Gasteiger partial charge >= 0.3 is 12.0 Å². The highest BCUT2D eigenvalue weighted by Crippen LogP contribution is 2.27. The SMILES string of the molecule is CN(C(=O)N1CCCCC1C(=O)OCCC(CCc1ccccc1)c1ccccc1)c1ccc(S(=O)(=O)O)cc1. The molecule has 1 heterocycles. The van der Waals surface area contributed by atoms with E-state index in [2.05, 4.69) is 24.3 Å². The number of rotatable bonds is 10. The number of carbonyl (C=O) groups is 2. The van der Waals surface area contributed by atoms with E-state index >= 15 is 0 Å².